The molecule has 0 saturated heterocycles. The van der Waals surface area contributed by atoms with Crippen molar-refractivity contribution >= 4 is 35.0 Å². The standard InChI is InChI=1S/C52H46N2/c1-5-41-43(31-33-48-50(41)44-27-14-15-29-47(44)54(48)40-25-17-22-38(34-40)36-19-8-6-9-20-36)49-35(2)18-16-28-45(49)52(3,39-23-10-7-11-24-39)46-32-30-37-21-12-13-26-42(37)51(46)53-4/h5-11,13-15,17,19-20,22-30,32,34H,1,4,12,16,18,21,31,33H2,2-3H3. The highest BCUT2D eigenvalue weighted by molar-refractivity contribution is 6.01. The number of aryl methyl sites for hydroxylation is 1. The van der Waals surface area contributed by atoms with Gasteiger partial charge in [-0.15, -0.1) is 0 Å². The highest BCUT2D eigenvalue weighted by atomic mass is 15.0. The minimum Gasteiger partial charge on any atom is -0.313 e. The third kappa shape index (κ3) is 5.35. The van der Waals surface area contributed by atoms with Gasteiger partial charge in [-0.3, -0.25) is 4.99 Å². The van der Waals surface area contributed by atoms with Crippen molar-refractivity contribution in [2.24, 2.45) is 4.99 Å². The Hall–Kier alpha value is -5.99. The van der Waals surface area contributed by atoms with E-state index in [-0.39, 0.29) is 0 Å². The first-order chi connectivity index (χ1) is 26.5. The van der Waals surface area contributed by atoms with Gasteiger partial charge >= 0.3 is 0 Å². The van der Waals surface area contributed by atoms with E-state index in [0.29, 0.717) is 0 Å². The molecular formula is C52H46N2. The molecule has 264 valence electrons. The van der Waals surface area contributed by atoms with E-state index in [1.807, 2.05) is 0 Å². The first kappa shape index (κ1) is 33.8. The van der Waals surface area contributed by atoms with E-state index in [0.717, 1.165) is 44.2 Å². The summed E-state index contributed by atoms with van der Waals surface area (Å²) in [6, 6.07) is 44.4. The van der Waals surface area contributed by atoms with Crippen LogP contribution in [0.5, 0.6) is 0 Å². The second-order valence-corrected chi connectivity index (χ2v) is 15.1. The third-order valence-electron chi connectivity index (χ3n) is 12.2. The van der Waals surface area contributed by atoms with E-state index in [1.165, 1.54) is 89.1 Å². The lowest BCUT2D eigenvalue weighted by Crippen LogP contribution is -2.30. The topological polar surface area (TPSA) is 17.3 Å². The summed E-state index contributed by atoms with van der Waals surface area (Å²) >= 11 is 0. The molecule has 54 heavy (non-hydrogen) atoms. The molecule has 0 spiro atoms. The zero-order valence-electron chi connectivity index (χ0n) is 31.4. The molecule has 2 heteroatoms. The first-order valence-corrected chi connectivity index (χ1v) is 19.4. The number of benzene rings is 5. The minimum absolute atomic E-state index is 0.472. The van der Waals surface area contributed by atoms with Crippen LogP contribution in [0.2, 0.25) is 0 Å². The summed E-state index contributed by atoms with van der Waals surface area (Å²) in [5.41, 5.74) is 19.9. The monoisotopic (exact) mass is 698 g/mol. The van der Waals surface area contributed by atoms with E-state index < -0.39 is 5.41 Å². The van der Waals surface area contributed by atoms with Gasteiger partial charge in [0.1, 0.15) is 0 Å². The van der Waals surface area contributed by atoms with E-state index in [4.69, 9.17) is 4.99 Å². The molecule has 0 saturated carbocycles. The maximum absolute atomic E-state index is 4.80. The van der Waals surface area contributed by atoms with Gasteiger partial charge < -0.3 is 4.57 Å². The fraction of sp³-hybridized carbons (Fsp3) is 0.173. The van der Waals surface area contributed by atoms with Gasteiger partial charge in [-0.2, -0.15) is 0 Å². The lowest BCUT2D eigenvalue weighted by Gasteiger charge is -2.40. The van der Waals surface area contributed by atoms with Crippen LogP contribution in [0.1, 0.15) is 73.0 Å². The van der Waals surface area contributed by atoms with E-state index in [9.17, 15) is 0 Å². The fourth-order valence-corrected chi connectivity index (χ4v) is 9.65. The number of hydrogen-bond acceptors (Lipinski definition) is 1. The molecule has 0 fully saturated rings. The third-order valence-corrected chi connectivity index (χ3v) is 12.2. The maximum Gasteiger partial charge on any atom is 0.0741 e. The van der Waals surface area contributed by atoms with Crippen molar-refractivity contribution in [2.75, 3.05) is 0 Å². The van der Waals surface area contributed by atoms with Crippen LogP contribution in [-0.2, 0) is 18.3 Å². The first-order valence-electron chi connectivity index (χ1n) is 19.4. The van der Waals surface area contributed by atoms with Crippen molar-refractivity contribution in [3.63, 3.8) is 0 Å². The average molecular weight is 699 g/mol. The summed E-state index contributed by atoms with van der Waals surface area (Å²) in [4.78, 5) is 4.80. The average Bonchev–Trinajstić information content (AvgIpc) is 3.57. The van der Waals surface area contributed by atoms with Crippen LogP contribution >= 0.6 is 0 Å². The Morgan fingerprint density at radius 1 is 0.759 bits per heavy atom. The number of aromatic nitrogens is 1. The van der Waals surface area contributed by atoms with E-state index in [2.05, 4.69) is 177 Å². The summed E-state index contributed by atoms with van der Waals surface area (Å²) in [5, 5.41) is 1.27. The lowest BCUT2D eigenvalue weighted by molar-refractivity contribution is 0.662. The van der Waals surface area contributed by atoms with Gasteiger partial charge in [-0.05, 0) is 127 Å². The molecule has 1 heterocycles. The Morgan fingerprint density at radius 2 is 1.52 bits per heavy atom. The smallest absolute Gasteiger partial charge is 0.0741 e. The van der Waals surface area contributed by atoms with Gasteiger partial charge in [0.2, 0.25) is 0 Å². The summed E-state index contributed by atoms with van der Waals surface area (Å²) in [7, 11) is 0. The Labute approximate surface area is 319 Å². The highest BCUT2D eigenvalue weighted by Gasteiger charge is 2.41. The second kappa shape index (κ2) is 13.8. The SMILES string of the molecule is C=CC1=C(C2=C(C)CCC=C2C(C)(c2ccccc2)c2ccc3c(c2N=C)C=CCC3)CCc2c1c1ccccc1n2-c1cccc(-c2ccccc2)c1. The number of allylic oxidation sites excluding steroid dienone is 8. The molecule has 3 aliphatic rings. The van der Waals surface area contributed by atoms with E-state index in [1.54, 1.807) is 0 Å². The van der Waals surface area contributed by atoms with Crippen molar-refractivity contribution in [1.82, 2.24) is 4.57 Å². The van der Waals surface area contributed by atoms with Gasteiger partial charge in [0, 0.05) is 33.3 Å². The van der Waals surface area contributed by atoms with Gasteiger partial charge in [-0.25, -0.2) is 0 Å². The number of aliphatic imine (C=N–C) groups is 1. The summed E-state index contributed by atoms with van der Waals surface area (Å²) in [6.45, 7) is 13.5. The summed E-state index contributed by atoms with van der Waals surface area (Å²) in [5.74, 6) is 0. The molecule has 5 aromatic carbocycles. The van der Waals surface area contributed by atoms with Gasteiger partial charge in [0.05, 0.1) is 11.2 Å². The number of nitrogens with zero attached hydrogens (tertiary/aromatic N) is 2. The predicted octanol–water partition coefficient (Wildman–Crippen LogP) is 13.5. The van der Waals surface area contributed by atoms with E-state index >= 15 is 0 Å². The molecule has 0 aliphatic heterocycles. The minimum atomic E-state index is -0.472. The molecule has 0 radical (unpaired) electrons. The normalized spacial score (nSPS) is 16.4. The van der Waals surface area contributed by atoms with Crippen molar-refractivity contribution in [3.8, 4) is 16.8 Å². The molecule has 0 amide bonds. The zero-order valence-corrected chi connectivity index (χ0v) is 31.4. The molecule has 0 N–H and O–H groups in total. The molecule has 0 bridgehead atoms. The number of hydrogen-bond donors (Lipinski definition) is 0. The van der Waals surface area contributed by atoms with Crippen molar-refractivity contribution in [3.05, 3.63) is 202 Å². The van der Waals surface area contributed by atoms with Crippen molar-refractivity contribution < 1.29 is 0 Å². The molecular weight excluding hydrogens is 653 g/mol. The maximum atomic E-state index is 4.80. The molecule has 1 unspecified atom stereocenters. The molecule has 3 aliphatic carbocycles. The molecule has 6 aromatic rings. The Bertz CT molecular complexity index is 2590. The van der Waals surface area contributed by atoms with Crippen molar-refractivity contribution in [2.45, 2.75) is 57.8 Å². The molecule has 1 atom stereocenters. The summed E-state index contributed by atoms with van der Waals surface area (Å²) < 4.78 is 2.51. The molecule has 2 nitrogen and oxygen atoms in total. The predicted molar refractivity (Wildman–Crippen MR) is 230 cm³/mol. The van der Waals surface area contributed by atoms with Crippen molar-refractivity contribution in [1.29, 1.82) is 0 Å². The van der Waals surface area contributed by atoms with Gasteiger partial charge in [0.25, 0.3) is 0 Å². The Balaban J connectivity index is 1.26. The largest absolute Gasteiger partial charge is 0.313 e. The molecule has 9 rings (SSSR count). The number of para-hydroxylation sites is 1. The van der Waals surface area contributed by atoms with Crippen LogP contribution in [0.15, 0.2) is 173 Å². The Morgan fingerprint density at radius 3 is 2.31 bits per heavy atom. The van der Waals surface area contributed by atoms with Crippen LogP contribution in [0.25, 0.3) is 39.4 Å². The van der Waals surface area contributed by atoms with Gasteiger partial charge in [-0.1, -0.05) is 140 Å². The Kier molecular flexibility index (Phi) is 8.62. The molecule has 1 aromatic heterocycles. The van der Waals surface area contributed by atoms with Crippen LogP contribution in [0, 0.1) is 0 Å². The lowest BCUT2D eigenvalue weighted by atomic mass is 9.63. The van der Waals surface area contributed by atoms with Crippen LogP contribution < -0.4 is 0 Å². The highest BCUT2D eigenvalue weighted by Crippen LogP contribution is 2.54. The second-order valence-electron chi connectivity index (χ2n) is 15.1. The quantitative estimate of drug-likeness (QED) is 0.141. The van der Waals surface area contributed by atoms with Crippen LogP contribution in [0.4, 0.5) is 5.69 Å². The van der Waals surface area contributed by atoms with Crippen LogP contribution in [0.3, 0.4) is 0 Å². The van der Waals surface area contributed by atoms with Crippen LogP contribution in [-0.4, -0.2) is 11.3 Å². The fourth-order valence-electron chi connectivity index (χ4n) is 9.65. The number of rotatable bonds is 8. The number of fused-ring (bicyclic) bond motifs is 4. The summed E-state index contributed by atoms with van der Waals surface area (Å²) in [6.07, 6.45) is 15.2. The zero-order chi connectivity index (χ0) is 36.8. The van der Waals surface area contributed by atoms with Gasteiger partial charge in [0.15, 0.2) is 0 Å².